The molecule has 2 atom stereocenters. The van der Waals surface area contributed by atoms with Crippen LogP contribution in [0.5, 0.6) is 0 Å². The SMILES string of the molecule is CC1(Cn2cc([C@H](NS(=O)C(C)(C)C)C(F)(F)F)c3cc(F)c(Br)cc32)COC1. The first kappa shape index (κ1) is 22.7. The molecule has 162 valence electrons. The number of aromatic nitrogens is 1. The van der Waals surface area contributed by atoms with Crippen molar-refractivity contribution in [3.05, 3.63) is 34.2 Å². The zero-order chi connectivity index (χ0) is 21.8. The van der Waals surface area contributed by atoms with E-state index in [0.717, 1.165) is 6.07 Å². The molecule has 1 fully saturated rings. The Balaban J connectivity index is 2.14. The second kappa shape index (κ2) is 7.62. The van der Waals surface area contributed by atoms with Gasteiger partial charge in [0.1, 0.15) is 11.9 Å². The number of halogens is 5. The standard InChI is InChI=1S/C19H23BrF4N2O2S/c1-17(2,3)29(27)25-16(19(22,23)24)12-7-26(8-18(4)9-28-10-18)15-6-13(20)14(21)5-11(12)15/h5-7,16,25H,8-10H2,1-4H3/t16-,29?/m0/s1. The highest BCUT2D eigenvalue weighted by Crippen LogP contribution is 2.40. The molecule has 0 spiro atoms. The fraction of sp³-hybridized carbons (Fsp3) is 0.579. The van der Waals surface area contributed by atoms with Crippen LogP contribution < -0.4 is 4.72 Å². The minimum atomic E-state index is -4.72. The second-order valence-electron chi connectivity index (χ2n) is 8.77. The summed E-state index contributed by atoms with van der Waals surface area (Å²) in [7, 11) is -1.97. The van der Waals surface area contributed by atoms with Gasteiger partial charge in [-0.15, -0.1) is 0 Å². The van der Waals surface area contributed by atoms with Gasteiger partial charge in [-0.05, 0) is 48.8 Å². The lowest BCUT2D eigenvalue weighted by molar-refractivity contribution is -0.152. The van der Waals surface area contributed by atoms with Gasteiger partial charge in [-0.2, -0.15) is 13.2 Å². The molecule has 2 aromatic rings. The minimum Gasteiger partial charge on any atom is -0.380 e. The molecule has 4 nitrogen and oxygen atoms in total. The second-order valence-corrected chi connectivity index (χ2v) is 11.6. The van der Waals surface area contributed by atoms with E-state index in [9.17, 15) is 21.8 Å². The number of nitrogens with zero attached hydrogens (tertiary/aromatic N) is 1. The number of rotatable bonds is 5. The average Bonchev–Trinajstić information content (AvgIpc) is 2.86. The van der Waals surface area contributed by atoms with Gasteiger partial charge in [0.05, 0.1) is 33.4 Å². The Morgan fingerprint density at radius 3 is 2.41 bits per heavy atom. The first-order chi connectivity index (χ1) is 13.2. The van der Waals surface area contributed by atoms with Crippen molar-refractivity contribution in [1.82, 2.24) is 9.29 Å². The van der Waals surface area contributed by atoms with E-state index in [1.165, 1.54) is 12.3 Å². The Morgan fingerprint density at radius 2 is 1.93 bits per heavy atom. The smallest absolute Gasteiger partial charge is 0.380 e. The van der Waals surface area contributed by atoms with E-state index in [4.69, 9.17) is 4.74 Å². The van der Waals surface area contributed by atoms with Gasteiger partial charge in [0.15, 0.2) is 0 Å². The molecule has 1 N–H and O–H groups in total. The van der Waals surface area contributed by atoms with Crippen molar-refractivity contribution in [3.8, 4) is 0 Å². The number of hydrogen-bond acceptors (Lipinski definition) is 2. The monoisotopic (exact) mass is 498 g/mol. The largest absolute Gasteiger partial charge is 0.408 e. The highest BCUT2D eigenvalue weighted by atomic mass is 79.9. The third-order valence-corrected chi connectivity index (χ3v) is 7.00. The van der Waals surface area contributed by atoms with Crippen LogP contribution in [0, 0.1) is 11.2 Å². The van der Waals surface area contributed by atoms with Crippen molar-refractivity contribution in [1.29, 1.82) is 0 Å². The molecule has 2 heterocycles. The fourth-order valence-corrected chi connectivity index (χ4v) is 4.38. The van der Waals surface area contributed by atoms with Gasteiger partial charge >= 0.3 is 6.18 Å². The number of alkyl halides is 3. The minimum absolute atomic E-state index is 0.135. The predicted octanol–water partition coefficient (Wildman–Crippen LogP) is 5.23. The molecule has 1 aliphatic heterocycles. The Bertz CT molecular complexity index is 948. The van der Waals surface area contributed by atoms with E-state index in [0.29, 0.717) is 25.3 Å². The summed E-state index contributed by atoms with van der Waals surface area (Å²) in [5.74, 6) is -0.660. The lowest BCUT2D eigenvalue weighted by atomic mass is 9.88. The molecule has 10 heteroatoms. The Morgan fingerprint density at radius 1 is 1.31 bits per heavy atom. The van der Waals surface area contributed by atoms with Crippen LogP contribution in [0.1, 0.15) is 39.3 Å². The van der Waals surface area contributed by atoms with Gasteiger partial charge in [-0.25, -0.2) is 13.3 Å². The normalized spacial score (nSPS) is 19.2. The van der Waals surface area contributed by atoms with Crippen molar-refractivity contribution in [2.45, 2.75) is 51.2 Å². The molecule has 1 aliphatic rings. The van der Waals surface area contributed by atoms with Gasteiger partial charge in [-0.3, -0.25) is 0 Å². The molecule has 0 saturated carbocycles. The lowest BCUT2D eigenvalue weighted by Gasteiger charge is -2.38. The summed E-state index contributed by atoms with van der Waals surface area (Å²) in [4.78, 5) is 0. The summed E-state index contributed by atoms with van der Waals surface area (Å²) in [6.07, 6.45) is -3.34. The van der Waals surface area contributed by atoms with Crippen molar-refractivity contribution in [2.75, 3.05) is 13.2 Å². The summed E-state index contributed by atoms with van der Waals surface area (Å²) in [6, 6.07) is 0.369. The molecule has 3 rings (SSSR count). The summed E-state index contributed by atoms with van der Waals surface area (Å²) in [5.41, 5.74) is 0.110. The molecule has 0 bridgehead atoms. The van der Waals surface area contributed by atoms with Crippen LogP contribution >= 0.6 is 15.9 Å². The number of fused-ring (bicyclic) bond motifs is 1. The van der Waals surface area contributed by atoms with E-state index in [2.05, 4.69) is 20.7 Å². The van der Waals surface area contributed by atoms with E-state index in [1.54, 1.807) is 25.3 Å². The van der Waals surface area contributed by atoms with Crippen LogP contribution in [-0.2, 0) is 22.3 Å². The summed E-state index contributed by atoms with van der Waals surface area (Å²) in [6.45, 7) is 8.16. The van der Waals surface area contributed by atoms with Crippen LogP contribution in [0.3, 0.4) is 0 Å². The molecule has 1 aromatic carbocycles. The first-order valence-corrected chi connectivity index (χ1v) is 11.0. The zero-order valence-electron chi connectivity index (χ0n) is 16.5. The number of ether oxygens (including phenoxy) is 1. The highest BCUT2D eigenvalue weighted by Gasteiger charge is 2.45. The van der Waals surface area contributed by atoms with E-state index >= 15 is 0 Å². The molecule has 0 amide bonds. The van der Waals surface area contributed by atoms with Crippen molar-refractivity contribution < 1.29 is 26.5 Å². The van der Waals surface area contributed by atoms with Gasteiger partial charge in [0.2, 0.25) is 0 Å². The quantitative estimate of drug-likeness (QED) is 0.573. The molecular weight excluding hydrogens is 476 g/mol. The Hall–Kier alpha value is -0.970. The molecule has 1 unspecified atom stereocenters. The van der Waals surface area contributed by atoms with Gasteiger partial charge in [-0.1, -0.05) is 6.92 Å². The number of nitrogens with one attached hydrogen (secondary N) is 1. The summed E-state index contributed by atoms with van der Waals surface area (Å²) >= 11 is 3.11. The maximum absolute atomic E-state index is 14.2. The van der Waals surface area contributed by atoms with E-state index < -0.39 is 33.8 Å². The van der Waals surface area contributed by atoms with Crippen LogP contribution in [0.2, 0.25) is 0 Å². The summed E-state index contributed by atoms with van der Waals surface area (Å²) in [5, 5.41) is 0.135. The molecule has 29 heavy (non-hydrogen) atoms. The topological polar surface area (TPSA) is 43.3 Å². The lowest BCUT2D eigenvalue weighted by Crippen LogP contribution is -2.43. The molecule has 0 radical (unpaired) electrons. The Kier molecular flexibility index (Phi) is 5.97. The summed E-state index contributed by atoms with van der Waals surface area (Å²) < 4.78 is 77.0. The maximum atomic E-state index is 14.2. The van der Waals surface area contributed by atoms with E-state index in [1.807, 2.05) is 6.92 Å². The zero-order valence-corrected chi connectivity index (χ0v) is 18.9. The first-order valence-electron chi connectivity index (χ1n) is 9.02. The molecular formula is C19H23BrF4N2O2S. The van der Waals surface area contributed by atoms with Crippen LogP contribution in [0.25, 0.3) is 10.9 Å². The van der Waals surface area contributed by atoms with Gasteiger partial charge < -0.3 is 9.30 Å². The van der Waals surface area contributed by atoms with Crippen molar-refractivity contribution in [2.24, 2.45) is 5.41 Å². The van der Waals surface area contributed by atoms with Gasteiger partial charge in [0.25, 0.3) is 0 Å². The molecule has 1 aromatic heterocycles. The van der Waals surface area contributed by atoms with Crippen LogP contribution in [0.4, 0.5) is 17.6 Å². The van der Waals surface area contributed by atoms with Gasteiger partial charge in [0, 0.05) is 34.6 Å². The molecule has 1 saturated heterocycles. The average molecular weight is 499 g/mol. The van der Waals surface area contributed by atoms with Crippen LogP contribution in [-0.4, -0.2) is 32.9 Å². The third kappa shape index (κ3) is 4.70. The number of hydrogen-bond donors (Lipinski definition) is 1. The fourth-order valence-electron chi connectivity index (χ4n) is 3.22. The molecule has 0 aliphatic carbocycles. The third-order valence-electron chi connectivity index (χ3n) is 4.83. The van der Waals surface area contributed by atoms with Crippen LogP contribution in [0.15, 0.2) is 22.8 Å². The van der Waals surface area contributed by atoms with Crippen molar-refractivity contribution in [3.63, 3.8) is 0 Å². The highest BCUT2D eigenvalue weighted by molar-refractivity contribution is 9.10. The predicted molar refractivity (Wildman–Crippen MR) is 108 cm³/mol. The maximum Gasteiger partial charge on any atom is 0.408 e. The Labute approximate surface area is 177 Å². The van der Waals surface area contributed by atoms with E-state index in [-0.39, 0.29) is 20.8 Å². The number of benzene rings is 1. The van der Waals surface area contributed by atoms with Crippen molar-refractivity contribution >= 4 is 37.8 Å².